The molecule has 0 aliphatic rings. The fourth-order valence-electron chi connectivity index (χ4n) is 1.12. The van der Waals surface area contributed by atoms with Crippen LogP contribution in [0.3, 0.4) is 0 Å². The molecular formula is C11H10O4S. The van der Waals surface area contributed by atoms with Gasteiger partial charge < -0.3 is 5.11 Å². The molecule has 4 nitrogen and oxygen atoms in total. The Kier molecular flexibility index (Phi) is 4.25. The first-order chi connectivity index (χ1) is 7.54. The smallest absolute Gasteiger partial charge is 0.311 e. The molecule has 0 radical (unpaired) electrons. The van der Waals surface area contributed by atoms with Gasteiger partial charge in [-0.2, -0.15) is 0 Å². The Labute approximate surface area is 96.7 Å². The summed E-state index contributed by atoms with van der Waals surface area (Å²) in [5.41, 5.74) is 0.226. The number of rotatable bonds is 5. The van der Waals surface area contributed by atoms with Crippen molar-refractivity contribution in [3.8, 4) is 0 Å². The summed E-state index contributed by atoms with van der Waals surface area (Å²) in [5, 5.41) is 8.39. The van der Waals surface area contributed by atoms with Crippen molar-refractivity contribution in [3.63, 3.8) is 0 Å². The maximum absolute atomic E-state index is 11.5. The molecule has 1 rings (SSSR count). The van der Waals surface area contributed by atoms with Gasteiger partial charge in [0.15, 0.2) is 0 Å². The zero-order chi connectivity index (χ0) is 12.1. The normalized spacial score (nSPS) is 9.81. The number of ketones is 2. The van der Waals surface area contributed by atoms with E-state index < -0.39 is 24.0 Å². The quantitative estimate of drug-likeness (QED) is 0.365. The highest BCUT2D eigenvalue weighted by atomic mass is 32.2. The number of Topliss-reactive ketones (excluding diaryl/α,β-unsaturated/α-hetero) is 2. The van der Waals surface area contributed by atoms with Gasteiger partial charge >= 0.3 is 5.97 Å². The summed E-state index contributed by atoms with van der Waals surface area (Å²) in [4.78, 5) is 33.9. The van der Waals surface area contributed by atoms with Crippen LogP contribution >= 0.6 is 11.8 Å². The van der Waals surface area contributed by atoms with Crippen LogP contribution in [-0.2, 0) is 9.59 Å². The molecule has 0 bridgehead atoms. The van der Waals surface area contributed by atoms with E-state index in [-0.39, 0.29) is 5.56 Å². The van der Waals surface area contributed by atoms with E-state index in [0.29, 0.717) is 0 Å². The first-order valence-electron chi connectivity index (χ1n) is 4.48. The maximum Gasteiger partial charge on any atom is 0.311 e. The van der Waals surface area contributed by atoms with E-state index >= 15 is 0 Å². The lowest BCUT2D eigenvalue weighted by atomic mass is 10.1. The Morgan fingerprint density at radius 1 is 1.19 bits per heavy atom. The van der Waals surface area contributed by atoms with Gasteiger partial charge in [-0.25, -0.2) is 0 Å². The average molecular weight is 238 g/mol. The monoisotopic (exact) mass is 238 g/mol. The van der Waals surface area contributed by atoms with Crippen molar-refractivity contribution in [2.45, 2.75) is 11.3 Å². The third kappa shape index (κ3) is 3.20. The Morgan fingerprint density at radius 2 is 1.75 bits per heavy atom. The zero-order valence-corrected chi connectivity index (χ0v) is 9.41. The number of carbonyl (C=O) groups is 3. The first kappa shape index (κ1) is 12.4. The second kappa shape index (κ2) is 5.46. The molecule has 0 heterocycles. The average Bonchev–Trinajstić information content (AvgIpc) is 2.27. The number of thioether (sulfide) groups is 1. The molecule has 1 aromatic rings. The third-order valence-corrected chi connectivity index (χ3v) is 2.66. The molecule has 16 heavy (non-hydrogen) atoms. The summed E-state index contributed by atoms with van der Waals surface area (Å²) in [6, 6.07) is 6.47. The molecule has 0 aliphatic heterocycles. The summed E-state index contributed by atoms with van der Waals surface area (Å²) < 4.78 is 0. The molecule has 0 aromatic heterocycles. The second-order valence-electron chi connectivity index (χ2n) is 3.05. The van der Waals surface area contributed by atoms with Crippen LogP contribution in [0.15, 0.2) is 29.2 Å². The molecule has 0 fully saturated rings. The fraction of sp³-hybridized carbons (Fsp3) is 0.182. The number of carbonyl (C=O) groups excluding carboxylic acids is 2. The van der Waals surface area contributed by atoms with Crippen LogP contribution in [0.1, 0.15) is 16.8 Å². The van der Waals surface area contributed by atoms with Crippen molar-refractivity contribution < 1.29 is 19.5 Å². The molecule has 5 heteroatoms. The van der Waals surface area contributed by atoms with E-state index in [1.807, 2.05) is 6.26 Å². The standard InChI is InChI=1S/C11H10O4S/c1-16-8-4-2-7(3-5-8)11(15)9(12)6-10(13)14/h2-5H,6H2,1H3,(H,13,14). The zero-order valence-electron chi connectivity index (χ0n) is 8.60. The summed E-state index contributed by atoms with van der Waals surface area (Å²) in [5.74, 6) is -2.95. The predicted molar refractivity (Wildman–Crippen MR) is 59.8 cm³/mol. The van der Waals surface area contributed by atoms with Gasteiger partial charge in [-0.3, -0.25) is 14.4 Å². The van der Waals surface area contributed by atoms with Crippen LogP contribution in [0.4, 0.5) is 0 Å². The highest BCUT2D eigenvalue weighted by molar-refractivity contribution is 7.98. The topological polar surface area (TPSA) is 71.4 Å². The summed E-state index contributed by atoms with van der Waals surface area (Å²) >= 11 is 1.52. The van der Waals surface area contributed by atoms with Gasteiger partial charge in [0.1, 0.15) is 6.42 Å². The third-order valence-electron chi connectivity index (χ3n) is 1.92. The summed E-state index contributed by atoms with van der Waals surface area (Å²) in [6.07, 6.45) is 1.13. The van der Waals surface area contributed by atoms with Gasteiger partial charge in [0.05, 0.1) is 0 Å². The molecule has 0 saturated carbocycles. The van der Waals surface area contributed by atoms with E-state index in [0.717, 1.165) is 4.90 Å². The fourth-order valence-corrected chi connectivity index (χ4v) is 1.53. The molecule has 0 atom stereocenters. The van der Waals surface area contributed by atoms with Crippen molar-refractivity contribution in [2.75, 3.05) is 6.26 Å². The van der Waals surface area contributed by atoms with Crippen LogP contribution in [0.25, 0.3) is 0 Å². The molecule has 0 spiro atoms. The first-order valence-corrected chi connectivity index (χ1v) is 5.70. The van der Waals surface area contributed by atoms with Crippen molar-refractivity contribution >= 4 is 29.3 Å². The van der Waals surface area contributed by atoms with E-state index in [9.17, 15) is 14.4 Å². The number of carboxylic acids is 1. The van der Waals surface area contributed by atoms with Crippen LogP contribution < -0.4 is 0 Å². The predicted octanol–water partition coefficient (Wildman–Crippen LogP) is 1.64. The van der Waals surface area contributed by atoms with Crippen LogP contribution in [0, 0.1) is 0 Å². The second-order valence-corrected chi connectivity index (χ2v) is 3.93. The minimum atomic E-state index is -1.29. The molecule has 0 unspecified atom stereocenters. The van der Waals surface area contributed by atoms with Gasteiger partial charge in [-0.1, -0.05) is 0 Å². The number of benzene rings is 1. The summed E-state index contributed by atoms with van der Waals surface area (Å²) in [7, 11) is 0. The van der Waals surface area contributed by atoms with Gasteiger partial charge in [0.2, 0.25) is 11.6 Å². The number of hydrogen-bond acceptors (Lipinski definition) is 4. The highest BCUT2D eigenvalue weighted by Gasteiger charge is 2.18. The lowest BCUT2D eigenvalue weighted by molar-refractivity contribution is -0.139. The van der Waals surface area contributed by atoms with Crippen molar-refractivity contribution in [1.82, 2.24) is 0 Å². The molecule has 1 N–H and O–H groups in total. The van der Waals surface area contributed by atoms with Gasteiger partial charge in [0, 0.05) is 10.5 Å². The Bertz CT molecular complexity index is 422. The minimum Gasteiger partial charge on any atom is -0.481 e. The Hall–Kier alpha value is -1.62. The molecule has 1 aromatic carbocycles. The number of carboxylic acid groups (broad SMARTS) is 1. The highest BCUT2D eigenvalue weighted by Crippen LogP contribution is 2.15. The molecular weight excluding hydrogens is 228 g/mol. The van der Waals surface area contributed by atoms with Gasteiger partial charge in [-0.05, 0) is 30.5 Å². The lowest BCUT2D eigenvalue weighted by Crippen LogP contribution is -2.17. The lowest BCUT2D eigenvalue weighted by Gasteiger charge is -2.00. The largest absolute Gasteiger partial charge is 0.481 e. The van der Waals surface area contributed by atoms with E-state index in [2.05, 4.69) is 0 Å². The molecule has 84 valence electrons. The van der Waals surface area contributed by atoms with Crippen molar-refractivity contribution in [2.24, 2.45) is 0 Å². The molecule has 0 saturated heterocycles. The Morgan fingerprint density at radius 3 is 2.19 bits per heavy atom. The van der Waals surface area contributed by atoms with E-state index in [4.69, 9.17) is 5.11 Å². The van der Waals surface area contributed by atoms with Crippen LogP contribution in [0.5, 0.6) is 0 Å². The maximum atomic E-state index is 11.5. The van der Waals surface area contributed by atoms with Gasteiger partial charge in [0.25, 0.3) is 0 Å². The molecule has 0 amide bonds. The SMILES string of the molecule is CSc1ccc(C(=O)C(=O)CC(=O)O)cc1. The Balaban J connectivity index is 2.80. The molecule has 0 aliphatic carbocycles. The minimum absolute atomic E-state index is 0.226. The van der Waals surface area contributed by atoms with E-state index in [1.165, 1.54) is 23.9 Å². The van der Waals surface area contributed by atoms with E-state index in [1.54, 1.807) is 12.1 Å². The number of aliphatic carboxylic acids is 1. The van der Waals surface area contributed by atoms with Crippen molar-refractivity contribution in [3.05, 3.63) is 29.8 Å². The van der Waals surface area contributed by atoms with Gasteiger partial charge in [-0.15, -0.1) is 11.8 Å². The number of hydrogen-bond donors (Lipinski definition) is 1. The summed E-state index contributed by atoms with van der Waals surface area (Å²) in [6.45, 7) is 0. The van der Waals surface area contributed by atoms with Crippen LogP contribution in [0.2, 0.25) is 0 Å². The van der Waals surface area contributed by atoms with Crippen molar-refractivity contribution in [1.29, 1.82) is 0 Å². The van der Waals surface area contributed by atoms with Crippen LogP contribution in [-0.4, -0.2) is 28.9 Å².